The summed E-state index contributed by atoms with van der Waals surface area (Å²) in [5, 5.41) is 0. The molecule has 0 amide bonds. The number of ether oxygens (including phenoxy) is 1. The first kappa shape index (κ1) is 23.2. The van der Waals surface area contributed by atoms with Gasteiger partial charge in [0.25, 0.3) is 0 Å². The Bertz CT molecular complexity index is 1130. The normalized spacial score (nSPS) is 25.8. The second kappa shape index (κ2) is 9.26. The zero-order valence-electron chi connectivity index (χ0n) is 19.9. The lowest BCUT2D eigenvalue weighted by Gasteiger charge is -2.41. The Morgan fingerprint density at radius 1 is 1.09 bits per heavy atom. The molecule has 0 radical (unpaired) electrons. The van der Waals surface area contributed by atoms with Crippen LogP contribution in [0.4, 0.5) is 5.95 Å². The summed E-state index contributed by atoms with van der Waals surface area (Å²) in [4.78, 5) is 16.0. The molecule has 4 heterocycles. The summed E-state index contributed by atoms with van der Waals surface area (Å²) >= 11 is 0. The van der Waals surface area contributed by atoms with Crippen LogP contribution in [0.25, 0.3) is 0 Å². The van der Waals surface area contributed by atoms with Crippen molar-refractivity contribution in [3.05, 3.63) is 54.1 Å². The van der Waals surface area contributed by atoms with Crippen molar-refractivity contribution in [1.29, 1.82) is 0 Å². The number of fused-ring (bicyclic) bond motifs is 1. The molecule has 0 aromatic carbocycles. The van der Waals surface area contributed by atoms with Crippen molar-refractivity contribution >= 4 is 16.0 Å². The quantitative estimate of drug-likeness (QED) is 0.560. The second-order valence-electron chi connectivity index (χ2n) is 9.77. The lowest BCUT2D eigenvalue weighted by molar-refractivity contribution is 0.144. The first-order valence-electron chi connectivity index (χ1n) is 12.1. The third kappa shape index (κ3) is 4.55. The number of hydrogen-bond acceptors (Lipinski definition) is 7. The maximum atomic E-state index is 11.7. The van der Waals surface area contributed by atoms with Gasteiger partial charge in [-0.05, 0) is 42.9 Å². The number of nitrogens with zero attached hydrogens (tertiary/aromatic N) is 5. The van der Waals surface area contributed by atoms with Gasteiger partial charge in [0.05, 0.1) is 19.1 Å². The Kier molecular flexibility index (Phi) is 6.33. The lowest BCUT2D eigenvalue weighted by atomic mass is 9.63. The van der Waals surface area contributed by atoms with Crippen LogP contribution in [0.1, 0.15) is 36.9 Å². The maximum absolute atomic E-state index is 11.7. The van der Waals surface area contributed by atoms with Crippen LogP contribution in [-0.4, -0.2) is 66.7 Å². The molecule has 5 rings (SSSR count). The molecule has 34 heavy (non-hydrogen) atoms. The van der Waals surface area contributed by atoms with Crippen LogP contribution in [0, 0.1) is 17.8 Å². The molecule has 3 fully saturated rings. The van der Waals surface area contributed by atoms with E-state index in [-0.39, 0.29) is 5.92 Å². The van der Waals surface area contributed by atoms with Gasteiger partial charge in [-0.1, -0.05) is 19.1 Å². The maximum Gasteiger partial charge on any atom is 0.225 e. The molecular weight excluding hydrogens is 450 g/mol. The number of aromatic nitrogens is 3. The third-order valence-corrected chi connectivity index (χ3v) is 9.05. The topological polar surface area (TPSA) is 88.5 Å². The molecule has 0 spiro atoms. The molecule has 3 atom stereocenters. The molecular formula is C25H33N5O3S. The van der Waals surface area contributed by atoms with E-state index in [0.717, 1.165) is 55.3 Å². The van der Waals surface area contributed by atoms with Crippen molar-refractivity contribution in [2.75, 3.05) is 43.9 Å². The highest BCUT2D eigenvalue weighted by Crippen LogP contribution is 2.49. The number of aryl methyl sites for hydroxylation is 1. The summed E-state index contributed by atoms with van der Waals surface area (Å²) in [5.41, 5.74) is 3.43. The van der Waals surface area contributed by atoms with Gasteiger partial charge in [-0.2, -0.15) is 0 Å². The Balaban J connectivity index is 1.13. The van der Waals surface area contributed by atoms with Crippen molar-refractivity contribution in [2.45, 2.75) is 32.1 Å². The lowest BCUT2D eigenvalue weighted by Crippen LogP contribution is -2.41. The second-order valence-corrected chi connectivity index (χ2v) is 11.8. The Labute approximate surface area is 202 Å². The number of sulfonamides is 1. The Morgan fingerprint density at radius 3 is 2.44 bits per heavy atom. The van der Waals surface area contributed by atoms with Crippen molar-refractivity contribution < 1.29 is 13.2 Å². The SMILES string of the molecule is C=C1C2CN(c3ncc(CC)cn3)C[C@H]2[C@@H]1COc1ccc(C2CCN(S(C)(=O)=O)CC2)nc1. The minimum Gasteiger partial charge on any atom is -0.491 e. The zero-order valence-corrected chi connectivity index (χ0v) is 20.7. The van der Waals surface area contributed by atoms with Crippen molar-refractivity contribution in [3.8, 4) is 5.75 Å². The summed E-state index contributed by atoms with van der Waals surface area (Å²) < 4.78 is 31.1. The number of piperidine rings is 1. The van der Waals surface area contributed by atoms with Gasteiger partial charge in [-0.15, -0.1) is 0 Å². The molecule has 2 aromatic heterocycles. The Morgan fingerprint density at radius 2 is 1.82 bits per heavy atom. The van der Waals surface area contributed by atoms with E-state index >= 15 is 0 Å². The molecule has 0 N–H and O–H groups in total. The largest absolute Gasteiger partial charge is 0.491 e. The fraction of sp³-hybridized carbons (Fsp3) is 0.560. The van der Waals surface area contributed by atoms with E-state index in [1.807, 2.05) is 24.5 Å². The van der Waals surface area contributed by atoms with Crippen LogP contribution in [0.3, 0.4) is 0 Å². The van der Waals surface area contributed by atoms with E-state index in [0.29, 0.717) is 37.5 Å². The number of rotatable bonds is 7. The number of hydrogen-bond donors (Lipinski definition) is 0. The van der Waals surface area contributed by atoms with Crippen LogP contribution < -0.4 is 9.64 Å². The van der Waals surface area contributed by atoms with E-state index in [4.69, 9.17) is 4.74 Å². The predicted octanol–water partition coefficient (Wildman–Crippen LogP) is 2.89. The highest BCUT2D eigenvalue weighted by atomic mass is 32.2. The molecule has 2 aliphatic heterocycles. The van der Waals surface area contributed by atoms with Gasteiger partial charge in [0.2, 0.25) is 16.0 Å². The summed E-state index contributed by atoms with van der Waals surface area (Å²) in [6.07, 6.45) is 9.45. The van der Waals surface area contributed by atoms with Gasteiger partial charge in [0, 0.05) is 62.0 Å². The molecule has 1 saturated carbocycles. The van der Waals surface area contributed by atoms with Gasteiger partial charge < -0.3 is 9.64 Å². The van der Waals surface area contributed by atoms with Crippen LogP contribution in [0.15, 0.2) is 42.9 Å². The van der Waals surface area contributed by atoms with Gasteiger partial charge >= 0.3 is 0 Å². The van der Waals surface area contributed by atoms with E-state index in [2.05, 4.69) is 33.4 Å². The van der Waals surface area contributed by atoms with Crippen LogP contribution in [-0.2, 0) is 16.4 Å². The fourth-order valence-electron chi connectivity index (χ4n) is 5.54. The van der Waals surface area contributed by atoms with E-state index < -0.39 is 10.0 Å². The molecule has 3 aliphatic rings. The third-order valence-electron chi connectivity index (χ3n) is 7.75. The molecule has 0 bridgehead atoms. The molecule has 1 unspecified atom stereocenters. The van der Waals surface area contributed by atoms with E-state index in [1.165, 1.54) is 11.8 Å². The van der Waals surface area contributed by atoms with E-state index in [9.17, 15) is 8.42 Å². The van der Waals surface area contributed by atoms with Gasteiger partial charge in [-0.3, -0.25) is 4.98 Å². The molecule has 9 heteroatoms. The molecule has 2 saturated heterocycles. The highest BCUT2D eigenvalue weighted by Gasteiger charge is 2.50. The molecule has 1 aliphatic carbocycles. The van der Waals surface area contributed by atoms with Gasteiger partial charge in [0.15, 0.2) is 0 Å². The first-order chi connectivity index (χ1) is 16.3. The summed E-state index contributed by atoms with van der Waals surface area (Å²) in [6.45, 7) is 10.0. The van der Waals surface area contributed by atoms with E-state index in [1.54, 1.807) is 10.5 Å². The summed E-state index contributed by atoms with van der Waals surface area (Å²) in [6, 6.07) is 4.00. The van der Waals surface area contributed by atoms with Gasteiger partial charge in [-0.25, -0.2) is 22.7 Å². The van der Waals surface area contributed by atoms with Crippen molar-refractivity contribution in [1.82, 2.24) is 19.3 Å². The monoisotopic (exact) mass is 483 g/mol. The predicted molar refractivity (Wildman–Crippen MR) is 131 cm³/mol. The van der Waals surface area contributed by atoms with Gasteiger partial charge in [0.1, 0.15) is 5.75 Å². The fourth-order valence-corrected chi connectivity index (χ4v) is 6.41. The molecule has 182 valence electrons. The van der Waals surface area contributed by atoms with Crippen LogP contribution in [0.2, 0.25) is 0 Å². The average Bonchev–Trinajstić information content (AvgIpc) is 3.24. The smallest absolute Gasteiger partial charge is 0.225 e. The number of anilines is 1. The molecule has 2 aromatic rings. The average molecular weight is 484 g/mol. The van der Waals surface area contributed by atoms with Crippen molar-refractivity contribution in [3.63, 3.8) is 0 Å². The summed E-state index contributed by atoms with van der Waals surface area (Å²) in [7, 11) is -3.11. The summed E-state index contributed by atoms with van der Waals surface area (Å²) in [5.74, 6) is 3.21. The van der Waals surface area contributed by atoms with Crippen LogP contribution in [0.5, 0.6) is 5.75 Å². The minimum absolute atomic E-state index is 0.289. The zero-order chi connectivity index (χ0) is 23.9. The highest BCUT2D eigenvalue weighted by molar-refractivity contribution is 7.88. The minimum atomic E-state index is -3.11. The first-order valence-corrected chi connectivity index (χ1v) is 14.0. The van der Waals surface area contributed by atoms with Crippen LogP contribution >= 0.6 is 0 Å². The standard InChI is InChI=1S/C25H33N5O3S/c1-4-18-11-27-25(28-12-18)29-14-21-17(2)23(22(21)15-29)16-33-20-5-6-24(26-13-20)19-7-9-30(10-8-19)34(3,31)32/h5-6,11-13,19,21-23H,2,4,7-10,14-16H2,1,3H3/t21?,22-,23-/m1/s1. The number of pyridine rings is 1. The Hall–Kier alpha value is -2.52. The molecule has 8 nitrogen and oxygen atoms in total. The van der Waals surface area contributed by atoms with Crippen molar-refractivity contribution in [2.24, 2.45) is 17.8 Å².